The number of fused-ring (bicyclic) bond motifs is 13. The number of nitrogens with one attached hydrogen (secondary N) is 2. The molecule has 2 aromatic rings. The third-order valence-corrected chi connectivity index (χ3v) is 22.2. The smallest absolute Gasteiger partial charge is 0.265 e. The Bertz CT molecular complexity index is 1780. The number of likely N-dealkylation sites (N-methyl/N-ethyl adjacent to an activating group) is 2. The number of rotatable bonds is 3. The highest BCUT2D eigenvalue weighted by atomic mass is 33.5. The van der Waals surface area contributed by atoms with Gasteiger partial charge in [-0.05, 0) is 86.1 Å². The van der Waals surface area contributed by atoms with Gasteiger partial charge in [0, 0.05) is 38.3 Å². The fourth-order valence-electron chi connectivity index (χ4n) is 9.90. The van der Waals surface area contributed by atoms with Gasteiger partial charge in [0.05, 0.1) is 24.0 Å². The molecule has 0 unspecified atom stereocenters. The van der Waals surface area contributed by atoms with Crippen molar-refractivity contribution in [3.05, 3.63) is 59.7 Å². The van der Waals surface area contributed by atoms with Crippen LogP contribution in [0.25, 0.3) is 0 Å². The van der Waals surface area contributed by atoms with Crippen molar-refractivity contribution in [2.45, 2.75) is 55.5 Å². The standard InChI is InChI=1S/C30H28N6O6S6/c1-33-21(39)27-11-25(15-7-3-5-9-17(15)31-19(25)35(27)23(41)29(33,13-37)45-47-43-27)26-12-28-22(40)34(2)30(14-38,46-48-44-28)24(42)36(28)20(26)32-18-10-6-4-8-16(18)26/h3-10,19-20,31-32,37-38H,11-14H2,1-2H3/t19-,20-,25+,26+,27+,28+,29+,30+/m1/s1. The highest BCUT2D eigenvalue weighted by Gasteiger charge is 2.86. The van der Waals surface area contributed by atoms with Crippen LogP contribution in [-0.2, 0) is 30.0 Å². The Morgan fingerprint density at radius 1 is 0.646 bits per heavy atom. The molecule has 4 bridgehead atoms. The van der Waals surface area contributed by atoms with Crippen LogP contribution in [0.1, 0.15) is 24.0 Å². The molecule has 2 aromatic carbocycles. The molecule has 18 heteroatoms. The SMILES string of the molecule is CN1C(=O)[C@@]23C[C@]4([C@]56C[C@@]78SSS[C@@](CO)(C(=O)N7[C@H]5Nc5ccccc56)N(C)C8=O)c5ccccc5N[C@@H]4N2C(=O)[C@]1(CO)SSS3. The van der Waals surface area contributed by atoms with Crippen molar-refractivity contribution in [2.75, 3.05) is 37.9 Å². The predicted molar refractivity (Wildman–Crippen MR) is 190 cm³/mol. The summed E-state index contributed by atoms with van der Waals surface area (Å²) in [6.45, 7) is -1.10. The molecule has 4 N–H and O–H groups in total. The molecule has 48 heavy (non-hydrogen) atoms. The number of para-hydroxylation sites is 2. The molecule has 0 saturated carbocycles. The monoisotopic (exact) mass is 760 g/mol. The number of hydrogen-bond acceptors (Lipinski definition) is 14. The third kappa shape index (κ3) is 2.91. The molecular formula is C30H28N6O6S6. The molecule has 8 saturated heterocycles. The second-order valence-corrected chi connectivity index (χ2v) is 22.4. The molecule has 10 aliphatic rings. The van der Waals surface area contributed by atoms with E-state index >= 15 is 0 Å². The van der Waals surface area contributed by atoms with Gasteiger partial charge in [-0.3, -0.25) is 29.0 Å². The highest BCUT2D eigenvalue weighted by Crippen LogP contribution is 2.78. The normalized spacial score (nSPS) is 42.9. The molecule has 12 nitrogen and oxygen atoms in total. The number of benzene rings is 2. The lowest BCUT2D eigenvalue weighted by Crippen LogP contribution is -2.74. The summed E-state index contributed by atoms with van der Waals surface area (Å²) in [6, 6.07) is 15.8. The van der Waals surface area contributed by atoms with Gasteiger partial charge in [-0.1, -0.05) is 36.4 Å². The largest absolute Gasteiger partial charge is 0.392 e. The van der Waals surface area contributed by atoms with Gasteiger partial charge in [0.2, 0.25) is 9.74 Å². The van der Waals surface area contributed by atoms with Crippen LogP contribution in [0, 0.1) is 0 Å². The average molecular weight is 761 g/mol. The Kier molecular flexibility index (Phi) is 6.04. The van der Waals surface area contributed by atoms with Crippen molar-refractivity contribution in [3.63, 3.8) is 0 Å². The second kappa shape index (κ2) is 9.43. The van der Waals surface area contributed by atoms with Gasteiger partial charge in [0.25, 0.3) is 23.6 Å². The molecule has 0 aliphatic carbocycles. The molecule has 12 rings (SSSR count). The van der Waals surface area contributed by atoms with Gasteiger partial charge in [-0.15, -0.1) is 0 Å². The van der Waals surface area contributed by atoms with Crippen molar-refractivity contribution in [1.29, 1.82) is 0 Å². The summed E-state index contributed by atoms with van der Waals surface area (Å²) in [6.07, 6.45) is -1.11. The van der Waals surface area contributed by atoms with Crippen molar-refractivity contribution >= 4 is 97.8 Å². The average Bonchev–Trinajstić information content (AvgIpc) is 3.68. The Morgan fingerprint density at radius 2 is 1.04 bits per heavy atom. The zero-order chi connectivity index (χ0) is 33.2. The number of carbonyl (C=O) groups is 4. The van der Waals surface area contributed by atoms with Gasteiger partial charge in [-0.2, -0.15) is 0 Å². The van der Waals surface area contributed by atoms with Gasteiger partial charge in [0.1, 0.15) is 12.3 Å². The lowest BCUT2D eigenvalue weighted by Gasteiger charge is -2.51. The number of hydrogen-bond donors (Lipinski definition) is 4. The van der Waals surface area contributed by atoms with Crippen LogP contribution in [0.4, 0.5) is 11.4 Å². The van der Waals surface area contributed by atoms with Crippen LogP contribution in [0.2, 0.25) is 0 Å². The van der Waals surface area contributed by atoms with Crippen LogP contribution < -0.4 is 10.6 Å². The fourth-order valence-corrected chi connectivity index (χ4v) is 21.7. The van der Waals surface area contributed by atoms with E-state index < -0.39 is 55.9 Å². The van der Waals surface area contributed by atoms with Crippen molar-refractivity contribution in [3.8, 4) is 0 Å². The minimum Gasteiger partial charge on any atom is -0.392 e. The van der Waals surface area contributed by atoms with E-state index in [4.69, 9.17) is 0 Å². The molecule has 4 amide bonds. The quantitative estimate of drug-likeness (QED) is 0.340. The molecule has 0 aromatic heterocycles. The summed E-state index contributed by atoms with van der Waals surface area (Å²) >= 11 is 0. The minimum absolute atomic E-state index is 0.204. The number of piperazine rings is 2. The molecule has 10 aliphatic heterocycles. The van der Waals surface area contributed by atoms with Crippen molar-refractivity contribution in [1.82, 2.24) is 19.6 Å². The maximum atomic E-state index is 14.9. The van der Waals surface area contributed by atoms with Crippen LogP contribution in [0.3, 0.4) is 0 Å². The topological polar surface area (TPSA) is 146 Å². The Balaban J connectivity index is 1.30. The predicted octanol–water partition coefficient (Wildman–Crippen LogP) is 2.63. The van der Waals surface area contributed by atoms with Gasteiger partial charge in [0.15, 0.2) is 9.74 Å². The maximum Gasteiger partial charge on any atom is 0.265 e. The van der Waals surface area contributed by atoms with E-state index in [9.17, 15) is 29.4 Å². The molecule has 0 radical (unpaired) electrons. The van der Waals surface area contributed by atoms with E-state index in [1.807, 2.05) is 48.5 Å². The number of aliphatic hydroxyl groups is 2. The van der Waals surface area contributed by atoms with E-state index in [1.54, 1.807) is 23.9 Å². The van der Waals surface area contributed by atoms with Crippen LogP contribution >= 0.6 is 62.8 Å². The molecule has 2 spiro atoms. The van der Waals surface area contributed by atoms with E-state index in [-0.39, 0.29) is 36.5 Å². The zero-order valence-corrected chi connectivity index (χ0v) is 30.3. The first-order valence-corrected chi connectivity index (χ1v) is 22.3. The molecule has 8 atom stereocenters. The summed E-state index contributed by atoms with van der Waals surface area (Å²) in [5, 5.41) is 28.9. The lowest BCUT2D eigenvalue weighted by molar-refractivity contribution is -0.165. The Morgan fingerprint density at radius 3 is 1.44 bits per heavy atom. The number of nitrogens with zero attached hydrogens (tertiary/aromatic N) is 4. The van der Waals surface area contributed by atoms with E-state index in [2.05, 4.69) is 10.6 Å². The minimum atomic E-state index is -1.52. The number of carbonyl (C=O) groups excluding carboxylic acids is 4. The zero-order valence-electron chi connectivity index (χ0n) is 25.4. The summed E-state index contributed by atoms with van der Waals surface area (Å²) in [5.41, 5.74) is 1.37. The fraction of sp³-hybridized carbons (Fsp3) is 0.467. The molecule has 10 heterocycles. The van der Waals surface area contributed by atoms with E-state index in [1.165, 1.54) is 72.6 Å². The first kappa shape index (κ1) is 30.7. The van der Waals surface area contributed by atoms with E-state index in [0.717, 1.165) is 22.5 Å². The second-order valence-electron chi connectivity index (χ2n) is 13.5. The van der Waals surface area contributed by atoms with Gasteiger partial charge in [-0.25, -0.2) is 0 Å². The number of anilines is 2. The first-order valence-electron chi connectivity index (χ1n) is 15.3. The third-order valence-electron chi connectivity index (χ3n) is 12.0. The Labute approximate surface area is 298 Å². The van der Waals surface area contributed by atoms with Crippen molar-refractivity contribution < 1.29 is 29.4 Å². The van der Waals surface area contributed by atoms with E-state index in [0.29, 0.717) is 0 Å². The maximum absolute atomic E-state index is 14.9. The van der Waals surface area contributed by atoms with Gasteiger partial charge < -0.3 is 30.6 Å². The first-order chi connectivity index (χ1) is 23.1. The lowest BCUT2D eigenvalue weighted by atomic mass is 9.54. The van der Waals surface area contributed by atoms with Gasteiger partial charge >= 0.3 is 0 Å². The van der Waals surface area contributed by atoms with Crippen LogP contribution in [0.15, 0.2) is 48.5 Å². The number of aliphatic hydroxyl groups excluding tert-OH is 2. The Hall–Kier alpha value is -2.06. The number of amides is 4. The highest BCUT2D eigenvalue weighted by molar-refractivity contribution is 9.10. The molecule has 250 valence electrons. The summed E-state index contributed by atoms with van der Waals surface area (Å²) in [7, 11) is 11.0. The summed E-state index contributed by atoms with van der Waals surface area (Å²) in [5.74, 6) is -1.24. The summed E-state index contributed by atoms with van der Waals surface area (Å²) in [4.78, 5) is 59.9. The summed E-state index contributed by atoms with van der Waals surface area (Å²) < 4.78 is 0. The molecular weight excluding hydrogens is 733 g/mol. The molecule has 8 fully saturated rings. The van der Waals surface area contributed by atoms with Crippen LogP contribution in [-0.4, -0.2) is 113 Å². The van der Waals surface area contributed by atoms with Crippen LogP contribution in [0.5, 0.6) is 0 Å². The van der Waals surface area contributed by atoms with Crippen molar-refractivity contribution in [2.24, 2.45) is 0 Å².